The van der Waals surface area contributed by atoms with E-state index in [1.165, 1.54) is 12.1 Å². The molecule has 4 nitrogen and oxygen atoms in total. The maximum Gasteiger partial charge on any atom is 0.134 e. The van der Waals surface area contributed by atoms with Gasteiger partial charge in [-0.2, -0.15) is 0 Å². The molecule has 5 heteroatoms. The maximum atomic E-state index is 13.3. The Morgan fingerprint density at radius 3 is 2.25 bits per heavy atom. The van der Waals surface area contributed by atoms with Gasteiger partial charge in [0.05, 0.1) is 0 Å². The fourth-order valence-electron chi connectivity index (χ4n) is 2.73. The molecule has 0 aliphatic rings. The van der Waals surface area contributed by atoms with Crippen molar-refractivity contribution in [1.29, 1.82) is 0 Å². The molecule has 0 saturated heterocycles. The van der Waals surface area contributed by atoms with Gasteiger partial charge in [0.1, 0.15) is 36.0 Å². The molecule has 4 rings (SSSR count). The number of hydrogen-bond acceptors (Lipinski definition) is 3. The lowest BCUT2D eigenvalue weighted by Crippen LogP contribution is -2.09. The maximum absolute atomic E-state index is 13.3. The molecule has 0 aliphatic heterocycles. The minimum Gasteiger partial charge on any atom is -0.459 e. The van der Waals surface area contributed by atoms with Crippen LogP contribution in [0.2, 0.25) is 0 Å². The van der Waals surface area contributed by atoms with Gasteiger partial charge in [0.2, 0.25) is 0 Å². The standard InChI is InChI=1S/C19H14FN3O/c20-16-8-6-15(7-9-16)19(23-12-21-22-13-23)18-11-10-17(24-18)14-4-2-1-3-5-14/h1-13,19H. The van der Waals surface area contributed by atoms with E-state index >= 15 is 0 Å². The molecule has 118 valence electrons. The van der Waals surface area contributed by atoms with Crippen LogP contribution in [0.1, 0.15) is 17.4 Å². The van der Waals surface area contributed by atoms with Crippen LogP contribution in [0.25, 0.3) is 11.3 Å². The molecule has 0 amide bonds. The van der Waals surface area contributed by atoms with Gasteiger partial charge >= 0.3 is 0 Å². The highest BCUT2D eigenvalue weighted by Gasteiger charge is 2.20. The first kappa shape index (κ1) is 14.4. The summed E-state index contributed by atoms with van der Waals surface area (Å²) in [5, 5.41) is 7.75. The molecule has 0 radical (unpaired) electrons. The van der Waals surface area contributed by atoms with Gasteiger partial charge in [0, 0.05) is 5.56 Å². The Hall–Kier alpha value is -3.21. The first-order chi connectivity index (χ1) is 11.8. The molecule has 1 unspecified atom stereocenters. The van der Waals surface area contributed by atoms with Gasteiger partial charge in [-0.3, -0.25) is 0 Å². The van der Waals surface area contributed by atoms with Crippen molar-refractivity contribution in [3.8, 4) is 11.3 Å². The fraction of sp³-hybridized carbons (Fsp3) is 0.0526. The van der Waals surface area contributed by atoms with Gasteiger partial charge < -0.3 is 8.98 Å². The first-order valence-electron chi connectivity index (χ1n) is 7.56. The van der Waals surface area contributed by atoms with Gasteiger partial charge in [0.25, 0.3) is 0 Å². The van der Waals surface area contributed by atoms with E-state index in [4.69, 9.17) is 4.42 Å². The minimum atomic E-state index is -0.273. The normalized spacial score (nSPS) is 12.2. The number of halogens is 1. The van der Waals surface area contributed by atoms with Gasteiger partial charge in [-0.1, -0.05) is 42.5 Å². The van der Waals surface area contributed by atoms with Crippen molar-refractivity contribution in [3.63, 3.8) is 0 Å². The van der Waals surface area contributed by atoms with E-state index in [2.05, 4.69) is 10.2 Å². The van der Waals surface area contributed by atoms with Gasteiger partial charge in [-0.15, -0.1) is 10.2 Å². The van der Waals surface area contributed by atoms with Crippen molar-refractivity contribution in [1.82, 2.24) is 14.8 Å². The summed E-state index contributed by atoms with van der Waals surface area (Å²) in [5.74, 6) is 1.25. The van der Waals surface area contributed by atoms with Crippen LogP contribution in [0.5, 0.6) is 0 Å². The van der Waals surface area contributed by atoms with Crippen LogP contribution in [-0.2, 0) is 0 Å². The number of aromatic nitrogens is 3. The average molecular weight is 319 g/mol. The third kappa shape index (κ3) is 2.72. The van der Waals surface area contributed by atoms with Gasteiger partial charge in [-0.05, 0) is 29.8 Å². The van der Waals surface area contributed by atoms with E-state index < -0.39 is 0 Å². The number of rotatable bonds is 4. The Labute approximate surface area is 138 Å². The van der Waals surface area contributed by atoms with Crippen LogP contribution in [0.3, 0.4) is 0 Å². The van der Waals surface area contributed by atoms with E-state index in [1.807, 2.05) is 47.0 Å². The van der Waals surface area contributed by atoms with Crippen molar-refractivity contribution < 1.29 is 8.81 Å². The molecule has 0 N–H and O–H groups in total. The van der Waals surface area contributed by atoms with Gasteiger partial charge in [0.15, 0.2) is 0 Å². The smallest absolute Gasteiger partial charge is 0.134 e. The highest BCUT2D eigenvalue weighted by molar-refractivity contribution is 5.57. The van der Waals surface area contributed by atoms with Crippen LogP contribution in [-0.4, -0.2) is 14.8 Å². The van der Waals surface area contributed by atoms with Crippen LogP contribution >= 0.6 is 0 Å². The molecule has 2 aromatic heterocycles. The number of benzene rings is 2. The van der Waals surface area contributed by atoms with E-state index in [0.717, 1.165) is 22.6 Å². The first-order valence-corrected chi connectivity index (χ1v) is 7.56. The van der Waals surface area contributed by atoms with Crippen LogP contribution in [0, 0.1) is 5.82 Å². The lowest BCUT2D eigenvalue weighted by atomic mass is 10.0. The van der Waals surface area contributed by atoms with E-state index in [-0.39, 0.29) is 11.9 Å². The molecule has 24 heavy (non-hydrogen) atoms. The van der Waals surface area contributed by atoms with E-state index in [1.54, 1.807) is 24.8 Å². The van der Waals surface area contributed by atoms with Crippen LogP contribution < -0.4 is 0 Å². The number of furan rings is 1. The molecule has 0 spiro atoms. The summed E-state index contributed by atoms with van der Waals surface area (Å²) in [6.07, 6.45) is 3.25. The summed E-state index contributed by atoms with van der Waals surface area (Å²) in [7, 11) is 0. The zero-order chi connectivity index (χ0) is 16.4. The zero-order valence-electron chi connectivity index (χ0n) is 12.7. The third-order valence-corrected chi connectivity index (χ3v) is 3.88. The largest absolute Gasteiger partial charge is 0.459 e. The number of nitrogens with zero attached hydrogens (tertiary/aromatic N) is 3. The highest BCUT2D eigenvalue weighted by atomic mass is 19.1. The Morgan fingerprint density at radius 1 is 0.833 bits per heavy atom. The van der Waals surface area contributed by atoms with Crippen molar-refractivity contribution in [2.24, 2.45) is 0 Å². The second-order valence-electron chi connectivity index (χ2n) is 5.43. The molecule has 1 atom stereocenters. The topological polar surface area (TPSA) is 43.9 Å². The quantitative estimate of drug-likeness (QED) is 0.563. The summed E-state index contributed by atoms with van der Waals surface area (Å²) in [4.78, 5) is 0. The molecule has 0 bridgehead atoms. The SMILES string of the molecule is Fc1ccc(C(c2ccc(-c3ccccc3)o2)n2cnnc2)cc1. The molecule has 2 heterocycles. The molecular formula is C19H14FN3O. The molecular weight excluding hydrogens is 305 g/mol. The molecule has 4 aromatic rings. The van der Waals surface area contributed by atoms with E-state index in [9.17, 15) is 4.39 Å². The summed E-state index contributed by atoms with van der Waals surface area (Å²) in [6, 6.07) is 19.9. The number of hydrogen-bond donors (Lipinski definition) is 0. The Morgan fingerprint density at radius 2 is 1.54 bits per heavy atom. The predicted molar refractivity (Wildman–Crippen MR) is 87.8 cm³/mol. The fourth-order valence-corrected chi connectivity index (χ4v) is 2.73. The van der Waals surface area contributed by atoms with Crippen LogP contribution in [0.15, 0.2) is 83.8 Å². The van der Waals surface area contributed by atoms with Crippen molar-refractivity contribution in [3.05, 3.63) is 96.5 Å². The summed E-state index contributed by atoms with van der Waals surface area (Å²) >= 11 is 0. The van der Waals surface area contributed by atoms with Crippen molar-refractivity contribution in [2.45, 2.75) is 6.04 Å². The van der Waals surface area contributed by atoms with Crippen molar-refractivity contribution in [2.75, 3.05) is 0 Å². The molecule has 2 aromatic carbocycles. The lowest BCUT2D eigenvalue weighted by Gasteiger charge is -2.16. The Bertz CT molecular complexity index is 915. The monoisotopic (exact) mass is 319 g/mol. The predicted octanol–water partition coefficient (Wildman–Crippen LogP) is 4.31. The van der Waals surface area contributed by atoms with Crippen LogP contribution in [0.4, 0.5) is 4.39 Å². The second-order valence-corrected chi connectivity index (χ2v) is 5.43. The molecule has 0 saturated carbocycles. The Balaban J connectivity index is 1.77. The summed E-state index contributed by atoms with van der Waals surface area (Å²) in [5.41, 5.74) is 1.90. The highest BCUT2D eigenvalue weighted by Crippen LogP contribution is 2.31. The second kappa shape index (κ2) is 6.12. The lowest BCUT2D eigenvalue weighted by molar-refractivity contribution is 0.469. The summed E-state index contributed by atoms with van der Waals surface area (Å²) in [6.45, 7) is 0. The Kier molecular flexibility index (Phi) is 3.67. The zero-order valence-corrected chi connectivity index (χ0v) is 12.7. The summed E-state index contributed by atoms with van der Waals surface area (Å²) < 4.78 is 21.2. The van der Waals surface area contributed by atoms with Gasteiger partial charge in [-0.25, -0.2) is 4.39 Å². The minimum absolute atomic E-state index is 0.252. The van der Waals surface area contributed by atoms with Crippen molar-refractivity contribution >= 4 is 0 Å². The molecule has 0 fully saturated rings. The average Bonchev–Trinajstić information content (AvgIpc) is 3.30. The third-order valence-electron chi connectivity index (χ3n) is 3.88. The van der Waals surface area contributed by atoms with E-state index in [0.29, 0.717) is 0 Å². The molecule has 0 aliphatic carbocycles.